The molecule has 9 rings (SSSR count). The van der Waals surface area contributed by atoms with Gasteiger partial charge in [0, 0.05) is 30.1 Å². The number of hydrogen-bond donors (Lipinski definition) is 2. The van der Waals surface area contributed by atoms with E-state index in [9.17, 15) is 9.59 Å². The van der Waals surface area contributed by atoms with Crippen LogP contribution >= 0.6 is 11.3 Å². The summed E-state index contributed by atoms with van der Waals surface area (Å²) in [6, 6.07) is 10.4. The highest BCUT2D eigenvalue weighted by Crippen LogP contribution is 2.48. The average Bonchev–Trinajstić information content (AvgIpc) is 3.65. The minimum absolute atomic E-state index is 0.155. The second-order valence-corrected chi connectivity index (χ2v) is 18.3. The number of carbonyl (C=O) groups is 2. The number of fused-ring (bicyclic) bond motifs is 5. The number of nitrogens with zero attached hydrogens (tertiary/aromatic N) is 4. The lowest BCUT2D eigenvalue weighted by atomic mass is 9.78. The molecular weight excluding hydrogens is 746 g/mol. The molecule has 12 nitrogen and oxygen atoms in total. The van der Waals surface area contributed by atoms with Gasteiger partial charge in [-0.2, -0.15) is 0 Å². The number of aromatic amines is 1. The molecule has 2 saturated heterocycles. The van der Waals surface area contributed by atoms with Crippen molar-refractivity contribution < 1.29 is 32.8 Å². The largest absolute Gasteiger partial charge is 0.494 e. The summed E-state index contributed by atoms with van der Waals surface area (Å²) >= 11 is 1.64. The predicted octanol–water partition coefficient (Wildman–Crippen LogP) is 7.53. The number of carbonyl (C=O) groups excluding carboxylic acids is 2. The van der Waals surface area contributed by atoms with Crippen molar-refractivity contribution in [3.63, 3.8) is 0 Å². The topological polar surface area (TPSA) is 133 Å². The van der Waals surface area contributed by atoms with Crippen LogP contribution in [0, 0.1) is 17.7 Å². The lowest BCUT2D eigenvalue weighted by Gasteiger charge is -2.32. The Morgan fingerprint density at radius 3 is 2.56 bits per heavy atom. The molecule has 2 amide bonds. The van der Waals surface area contributed by atoms with Gasteiger partial charge in [-0.15, -0.1) is 11.3 Å². The summed E-state index contributed by atoms with van der Waals surface area (Å²) in [6.45, 7) is 12.4. The molecular formula is C42H48BFN6O6S. The maximum atomic E-state index is 16.7. The number of ether oxygens (including phenoxy) is 2. The van der Waals surface area contributed by atoms with Crippen LogP contribution in [0.5, 0.6) is 5.75 Å². The summed E-state index contributed by atoms with van der Waals surface area (Å²) in [4.78, 5) is 41.4. The highest BCUT2D eigenvalue weighted by Gasteiger charge is 2.52. The van der Waals surface area contributed by atoms with Gasteiger partial charge in [0.1, 0.15) is 23.4 Å². The smallest absolute Gasteiger partial charge is 0.464 e. The number of aromatic nitrogens is 4. The summed E-state index contributed by atoms with van der Waals surface area (Å²) in [5, 5.41) is 4.68. The molecule has 1 saturated carbocycles. The highest BCUT2D eigenvalue weighted by atomic mass is 32.1. The van der Waals surface area contributed by atoms with Crippen molar-refractivity contribution >= 4 is 46.8 Å². The van der Waals surface area contributed by atoms with Gasteiger partial charge in [-0.25, -0.2) is 19.2 Å². The number of thiazole rings is 1. The van der Waals surface area contributed by atoms with Crippen molar-refractivity contribution in [1.82, 2.24) is 29.7 Å². The molecule has 0 bridgehead atoms. The van der Waals surface area contributed by atoms with Crippen molar-refractivity contribution in [3.05, 3.63) is 70.3 Å². The van der Waals surface area contributed by atoms with Crippen LogP contribution in [-0.2, 0) is 25.3 Å². The lowest BCUT2D eigenvalue weighted by molar-refractivity contribution is -0.135. The molecule has 0 spiro atoms. The molecule has 5 aromatic rings. The number of rotatable bonds is 9. The van der Waals surface area contributed by atoms with Gasteiger partial charge >= 0.3 is 13.2 Å². The molecule has 4 aliphatic rings. The Morgan fingerprint density at radius 2 is 1.84 bits per heavy atom. The molecule has 2 aromatic carbocycles. The van der Waals surface area contributed by atoms with Crippen molar-refractivity contribution in [3.8, 4) is 28.3 Å². The molecule has 0 radical (unpaired) electrons. The second kappa shape index (κ2) is 14.0. The Morgan fingerprint density at radius 1 is 1.07 bits per heavy atom. The quantitative estimate of drug-likeness (QED) is 0.147. The Kier molecular flexibility index (Phi) is 9.28. The third-order valence-electron chi connectivity index (χ3n) is 12.3. The zero-order chi connectivity index (χ0) is 40.0. The molecule has 3 aliphatic heterocycles. The number of H-pyrrole nitrogens is 1. The van der Waals surface area contributed by atoms with Crippen molar-refractivity contribution in [2.24, 2.45) is 11.8 Å². The van der Waals surface area contributed by atoms with E-state index in [4.69, 9.17) is 28.8 Å². The first kappa shape index (κ1) is 37.8. The van der Waals surface area contributed by atoms with E-state index in [1.807, 2.05) is 72.0 Å². The number of methoxy groups -OCH3 is 1. The molecule has 1 unspecified atom stereocenters. The SMILES string of the molecule is COC(=O)N[C@H](C(=O)N1CCC[C@H]1c1ncc(-c2cc(F)c3c(c2)OC(c2cnc(CC4CC4)s2)n2c-3cc3cc(B4OC(C)(C)C(C)(C)O4)ccc32)[nH]1)C(C)C. The second-order valence-electron chi connectivity index (χ2n) is 17.1. The van der Waals surface area contributed by atoms with Crippen LogP contribution in [0.1, 0.15) is 95.2 Å². The van der Waals surface area contributed by atoms with E-state index < -0.39 is 42.5 Å². The van der Waals surface area contributed by atoms with Crippen LogP contribution in [-0.4, -0.2) is 74.4 Å². The van der Waals surface area contributed by atoms with Crippen molar-refractivity contribution in [2.45, 2.75) is 103 Å². The Bertz CT molecular complexity index is 2370. The monoisotopic (exact) mass is 794 g/mol. The van der Waals surface area contributed by atoms with E-state index in [2.05, 4.69) is 20.9 Å². The normalized spacial score (nSPS) is 21.4. The summed E-state index contributed by atoms with van der Waals surface area (Å²) in [5.74, 6) is 0.912. The van der Waals surface area contributed by atoms with Crippen LogP contribution in [0.25, 0.3) is 33.4 Å². The first-order valence-electron chi connectivity index (χ1n) is 19.9. The predicted molar refractivity (Wildman–Crippen MR) is 216 cm³/mol. The summed E-state index contributed by atoms with van der Waals surface area (Å²) in [7, 11) is 0.738. The van der Waals surface area contributed by atoms with E-state index in [1.54, 1.807) is 22.4 Å². The highest BCUT2D eigenvalue weighted by molar-refractivity contribution is 7.11. The third-order valence-corrected chi connectivity index (χ3v) is 13.3. The van der Waals surface area contributed by atoms with Gasteiger partial charge in [0.15, 0.2) is 0 Å². The van der Waals surface area contributed by atoms with Crippen LogP contribution in [0.2, 0.25) is 0 Å². The number of halogens is 1. The van der Waals surface area contributed by atoms with E-state index >= 15 is 4.39 Å². The molecule has 298 valence electrons. The number of imidazole rings is 1. The maximum Gasteiger partial charge on any atom is 0.494 e. The summed E-state index contributed by atoms with van der Waals surface area (Å²) < 4.78 is 43.2. The Labute approximate surface area is 335 Å². The van der Waals surface area contributed by atoms with E-state index in [0.717, 1.165) is 39.1 Å². The zero-order valence-electron chi connectivity index (χ0n) is 33.4. The Balaban J connectivity index is 1.07. The van der Waals surface area contributed by atoms with Gasteiger partial charge in [-0.3, -0.25) is 9.36 Å². The van der Waals surface area contributed by atoms with Crippen molar-refractivity contribution in [2.75, 3.05) is 13.7 Å². The molecule has 57 heavy (non-hydrogen) atoms. The molecule has 15 heteroatoms. The molecule has 1 aliphatic carbocycles. The number of likely N-dealkylation sites (tertiary alicyclic amines) is 1. The maximum absolute atomic E-state index is 16.7. The number of amides is 2. The molecule has 6 heterocycles. The minimum Gasteiger partial charge on any atom is -0.464 e. The first-order valence-corrected chi connectivity index (χ1v) is 20.7. The fourth-order valence-electron chi connectivity index (χ4n) is 8.21. The van der Waals surface area contributed by atoms with Gasteiger partial charge in [0.2, 0.25) is 12.1 Å². The van der Waals surface area contributed by atoms with Crippen LogP contribution in [0.4, 0.5) is 9.18 Å². The van der Waals surface area contributed by atoms with Gasteiger partial charge in [0.05, 0.1) is 62.9 Å². The zero-order valence-corrected chi connectivity index (χ0v) is 34.2. The third kappa shape index (κ3) is 6.70. The average molecular weight is 795 g/mol. The fourth-order valence-corrected chi connectivity index (χ4v) is 9.27. The number of hydrogen-bond acceptors (Lipinski definition) is 9. The van der Waals surface area contributed by atoms with Gasteiger partial charge in [-0.1, -0.05) is 26.0 Å². The minimum atomic E-state index is -0.749. The van der Waals surface area contributed by atoms with Gasteiger partial charge < -0.3 is 34.0 Å². The van der Waals surface area contributed by atoms with E-state index in [0.29, 0.717) is 53.0 Å². The molecule has 3 atom stereocenters. The number of benzene rings is 2. The van der Waals surface area contributed by atoms with Gasteiger partial charge in [0.25, 0.3) is 0 Å². The standard InChI is InChI=1S/C42H48BFN6O6S/c1-22(2)36(48-40(52)53-7)38(51)49-14-8-9-30(49)37-46-20-28(47-37)24-17-27(44)35-31-18-25-16-26(43-55-41(3,4)42(5,6)56-43)12-13-29(25)50(31)39(54-32(35)19-24)33-21-45-34(57-33)15-23-10-11-23/h12-13,16-23,30,36,39H,8-11,14-15H2,1-7H3,(H,46,47)(H,48,52)/t30-,36-,39?/m0/s1. The van der Waals surface area contributed by atoms with Crippen molar-refractivity contribution in [1.29, 1.82) is 0 Å². The number of alkyl carbamates (subject to hydrolysis) is 1. The molecule has 2 N–H and O–H groups in total. The van der Waals surface area contributed by atoms with Crippen LogP contribution < -0.4 is 15.5 Å². The summed E-state index contributed by atoms with van der Waals surface area (Å²) in [5.41, 5.74) is 3.06. The summed E-state index contributed by atoms with van der Waals surface area (Å²) in [6.07, 6.45) is 7.24. The first-order chi connectivity index (χ1) is 27.2. The molecule has 3 aromatic heterocycles. The number of nitrogens with one attached hydrogen (secondary N) is 2. The fraction of sp³-hybridized carbons (Fsp3) is 0.476. The Hall–Kier alpha value is -4.73. The van der Waals surface area contributed by atoms with Crippen LogP contribution in [0.15, 0.2) is 48.8 Å². The van der Waals surface area contributed by atoms with Crippen LogP contribution in [0.3, 0.4) is 0 Å². The molecule has 3 fully saturated rings. The van der Waals surface area contributed by atoms with E-state index in [1.165, 1.54) is 26.0 Å². The van der Waals surface area contributed by atoms with E-state index in [-0.39, 0.29) is 17.9 Å². The van der Waals surface area contributed by atoms with Gasteiger partial charge in [-0.05, 0) is 94.9 Å². The lowest BCUT2D eigenvalue weighted by Crippen LogP contribution is -2.51.